The van der Waals surface area contributed by atoms with E-state index in [2.05, 4.69) is 26.3 Å². The van der Waals surface area contributed by atoms with Crippen LogP contribution in [0.5, 0.6) is 0 Å². The van der Waals surface area contributed by atoms with Crippen LogP contribution in [0, 0.1) is 0 Å². The third-order valence-electron chi connectivity index (χ3n) is 5.06. The molecule has 7 nitrogen and oxygen atoms in total. The first-order valence-corrected chi connectivity index (χ1v) is 9.26. The highest BCUT2D eigenvalue weighted by Crippen LogP contribution is 2.23. The van der Waals surface area contributed by atoms with Crippen LogP contribution in [0.15, 0.2) is 61.2 Å². The molecule has 0 radical (unpaired) electrons. The molecule has 2 aromatic carbocycles. The number of nitrogens with zero attached hydrogens (tertiary/aromatic N) is 6. The summed E-state index contributed by atoms with van der Waals surface area (Å²) in [5.41, 5.74) is 5.96. The van der Waals surface area contributed by atoms with E-state index in [4.69, 9.17) is 0 Å². The van der Waals surface area contributed by atoms with Crippen molar-refractivity contribution in [3.8, 4) is 11.1 Å². The summed E-state index contributed by atoms with van der Waals surface area (Å²) in [5, 5.41) is 13.7. The minimum Gasteiger partial charge on any atom is -0.334 e. The average molecular weight is 382 g/mol. The van der Waals surface area contributed by atoms with Crippen molar-refractivity contribution in [2.75, 3.05) is 0 Å². The maximum absolute atomic E-state index is 12.8. The van der Waals surface area contributed by atoms with Gasteiger partial charge in [-0.05, 0) is 42.0 Å². The second-order valence-corrected chi connectivity index (χ2v) is 7.17. The number of hydrogen-bond acceptors (Lipinski definition) is 5. The molecule has 0 saturated heterocycles. The van der Waals surface area contributed by atoms with E-state index in [0.29, 0.717) is 11.3 Å². The Kier molecular flexibility index (Phi) is 3.94. The summed E-state index contributed by atoms with van der Waals surface area (Å²) >= 11 is 0. The Labute approximate surface area is 166 Å². The molecular formula is C22H18N6O. The monoisotopic (exact) mass is 382 g/mol. The van der Waals surface area contributed by atoms with Crippen LogP contribution in [0.1, 0.15) is 16.1 Å². The van der Waals surface area contributed by atoms with Gasteiger partial charge in [-0.15, -0.1) is 0 Å². The predicted molar refractivity (Wildman–Crippen MR) is 110 cm³/mol. The molecule has 3 heterocycles. The maximum Gasteiger partial charge on any atom is 0.168 e. The summed E-state index contributed by atoms with van der Waals surface area (Å²) in [7, 11) is 3.82. The molecule has 0 spiro atoms. The standard InChI is InChI=1S/C22H18N6O/c1-27-13-23-20-9-15(4-6-21(20)27)22(29)10-18-8-16-7-14(3-5-19(16)26-25-18)17-11-24-28(2)12-17/h3-9,11-13H,10H2,1-2H3. The lowest BCUT2D eigenvalue weighted by molar-refractivity contribution is 0.0992. The van der Waals surface area contributed by atoms with E-state index in [1.165, 1.54) is 0 Å². The fraction of sp³-hybridized carbons (Fsp3) is 0.136. The zero-order chi connectivity index (χ0) is 20.0. The molecule has 7 heteroatoms. The lowest BCUT2D eigenvalue weighted by Gasteiger charge is -2.04. The Bertz CT molecular complexity index is 1380. The van der Waals surface area contributed by atoms with Crippen molar-refractivity contribution in [1.29, 1.82) is 0 Å². The number of hydrogen-bond donors (Lipinski definition) is 0. The van der Waals surface area contributed by atoms with Gasteiger partial charge in [0.2, 0.25) is 0 Å². The van der Waals surface area contributed by atoms with E-state index in [1.54, 1.807) is 11.0 Å². The summed E-state index contributed by atoms with van der Waals surface area (Å²) in [4.78, 5) is 17.1. The highest BCUT2D eigenvalue weighted by Gasteiger charge is 2.12. The topological polar surface area (TPSA) is 78.5 Å². The number of aryl methyl sites for hydroxylation is 2. The van der Waals surface area contributed by atoms with E-state index in [-0.39, 0.29) is 12.2 Å². The lowest BCUT2D eigenvalue weighted by Crippen LogP contribution is -2.06. The molecule has 3 aromatic heterocycles. The van der Waals surface area contributed by atoms with E-state index >= 15 is 0 Å². The summed E-state index contributed by atoms with van der Waals surface area (Å²) in [5.74, 6) is -0.00498. The Morgan fingerprint density at radius 2 is 1.86 bits per heavy atom. The van der Waals surface area contributed by atoms with Gasteiger partial charge in [-0.3, -0.25) is 9.48 Å². The second kappa shape index (κ2) is 6.63. The Hall–Kier alpha value is -3.87. The minimum atomic E-state index is -0.00498. The molecule has 5 aromatic rings. The summed E-state index contributed by atoms with van der Waals surface area (Å²) < 4.78 is 3.70. The molecule has 0 fully saturated rings. The van der Waals surface area contributed by atoms with E-state index in [9.17, 15) is 4.79 Å². The van der Waals surface area contributed by atoms with Crippen LogP contribution >= 0.6 is 0 Å². The first-order valence-electron chi connectivity index (χ1n) is 9.26. The van der Waals surface area contributed by atoms with Crippen LogP contribution in [-0.2, 0) is 20.5 Å². The molecule has 0 unspecified atom stereocenters. The fourth-order valence-electron chi connectivity index (χ4n) is 3.50. The van der Waals surface area contributed by atoms with Crippen LogP contribution in [-0.4, -0.2) is 35.3 Å². The van der Waals surface area contributed by atoms with Crippen molar-refractivity contribution in [1.82, 2.24) is 29.5 Å². The van der Waals surface area contributed by atoms with Crippen LogP contribution < -0.4 is 0 Å². The van der Waals surface area contributed by atoms with Gasteiger partial charge in [0.05, 0.1) is 41.2 Å². The lowest BCUT2D eigenvalue weighted by atomic mass is 10.0. The Morgan fingerprint density at radius 3 is 2.69 bits per heavy atom. The normalized spacial score (nSPS) is 11.4. The molecule has 0 aliphatic carbocycles. The number of Topliss-reactive ketones (excluding diaryl/α,β-unsaturated/α-hetero) is 1. The molecule has 0 aliphatic rings. The predicted octanol–water partition coefficient (Wildman–Crippen LogP) is 3.34. The van der Waals surface area contributed by atoms with Crippen molar-refractivity contribution in [2.45, 2.75) is 6.42 Å². The van der Waals surface area contributed by atoms with Gasteiger partial charge in [0.25, 0.3) is 0 Å². The number of ketones is 1. The van der Waals surface area contributed by atoms with Gasteiger partial charge >= 0.3 is 0 Å². The van der Waals surface area contributed by atoms with Gasteiger partial charge in [0.15, 0.2) is 5.78 Å². The van der Waals surface area contributed by atoms with Gasteiger partial charge in [-0.25, -0.2) is 4.98 Å². The SMILES string of the molecule is Cn1cc(-c2ccc3nnc(CC(=O)c4ccc5c(c4)ncn5C)cc3c2)cn1. The number of carbonyl (C=O) groups excluding carboxylic acids is 1. The van der Waals surface area contributed by atoms with Gasteiger partial charge in [-0.2, -0.15) is 15.3 Å². The smallest absolute Gasteiger partial charge is 0.168 e. The van der Waals surface area contributed by atoms with E-state index in [1.807, 2.05) is 67.5 Å². The zero-order valence-corrected chi connectivity index (χ0v) is 16.1. The number of fused-ring (bicyclic) bond motifs is 2. The molecule has 0 atom stereocenters. The van der Waals surface area contributed by atoms with E-state index in [0.717, 1.165) is 33.1 Å². The third kappa shape index (κ3) is 3.16. The van der Waals surface area contributed by atoms with Crippen LogP contribution in [0.2, 0.25) is 0 Å². The van der Waals surface area contributed by atoms with Crippen molar-refractivity contribution in [2.24, 2.45) is 14.1 Å². The molecule has 0 bridgehead atoms. The number of aromatic nitrogens is 6. The molecule has 0 N–H and O–H groups in total. The first-order chi connectivity index (χ1) is 14.1. The van der Waals surface area contributed by atoms with Crippen molar-refractivity contribution in [3.63, 3.8) is 0 Å². The molecule has 5 rings (SSSR count). The molecule has 142 valence electrons. The average Bonchev–Trinajstić information content (AvgIpc) is 3.33. The minimum absolute atomic E-state index is 0.00498. The quantitative estimate of drug-likeness (QED) is 0.446. The molecule has 29 heavy (non-hydrogen) atoms. The number of benzene rings is 2. The van der Waals surface area contributed by atoms with Gasteiger partial charge in [0, 0.05) is 36.8 Å². The van der Waals surface area contributed by atoms with Crippen LogP contribution in [0.3, 0.4) is 0 Å². The molecule has 0 saturated carbocycles. The highest BCUT2D eigenvalue weighted by atomic mass is 16.1. The highest BCUT2D eigenvalue weighted by molar-refractivity contribution is 6.00. The number of imidazole rings is 1. The third-order valence-corrected chi connectivity index (χ3v) is 5.06. The maximum atomic E-state index is 12.8. The van der Waals surface area contributed by atoms with Gasteiger partial charge < -0.3 is 4.57 Å². The van der Waals surface area contributed by atoms with Gasteiger partial charge in [0.1, 0.15) is 0 Å². The number of carbonyl (C=O) groups is 1. The molecular weight excluding hydrogens is 364 g/mol. The summed E-state index contributed by atoms with van der Waals surface area (Å²) in [6.07, 6.45) is 5.73. The molecule has 0 aliphatic heterocycles. The van der Waals surface area contributed by atoms with Crippen LogP contribution in [0.4, 0.5) is 0 Å². The zero-order valence-electron chi connectivity index (χ0n) is 16.1. The van der Waals surface area contributed by atoms with Gasteiger partial charge in [-0.1, -0.05) is 6.07 Å². The summed E-state index contributed by atoms with van der Waals surface area (Å²) in [6.45, 7) is 0. The van der Waals surface area contributed by atoms with Crippen LogP contribution in [0.25, 0.3) is 33.1 Å². The van der Waals surface area contributed by atoms with Crippen molar-refractivity contribution >= 4 is 27.7 Å². The van der Waals surface area contributed by atoms with E-state index < -0.39 is 0 Å². The van der Waals surface area contributed by atoms with Crippen molar-refractivity contribution in [3.05, 3.63) is 72.4 Å². The summed E-state index contributed by atoms with van der Waals surface area (Å²) in [6, 6.07) is 13.5. The Morgan fingerprint density at radius 1 is 0.966 bits per heavy atom. The number of rotatable bonds is 4. The molecule has 0 amide bonds. The fourth-order valence-corrected chi connectivity index (χ4v) is 3.50. The Balaban J connectivity index is 1.45. The first kappa shape index (κ1) is 17.2. The largest absolute Gasteiger partial charge is 0.334 e. The second-order valence-electron chi connectivity index (χ2n) is 7.17. The van der Waals surface area contributed by atoms with Crippen molar-refractivity contribution < 1.29 is 4.79 Å².